The van der Waals surface area contributed by atoms with Gasteiger partial charge in [-0.05, 0) is 57.0 Å². The number of ether oxygens (including phenoxy) is 2. The van der Waals surface area contributed by atoms with Gasteiger partial charge in [-0.3, -0.25) is 9.52 Å². The summed E-state index contributed by atoms with van der Waals surface area (Å²) in [5, 5.41) is 6.85. The summed E-state index contributed by atoms with van der Waals surface area (Å²) in [6.45, 7) is 7.37. The van der Waals surface area contributed by atoms with Crippen molar-refractivity contribution in [1.82, 2.24) is 5.16 Å². The minimum absolute atomic E-state index is 0.0666. The quantitative estimate of drug-likeness (QED) is 0.422. The molecule has 0 unspecified atom stereocenters. The number of hydrogen-bond acceptors (Lipinski definition) is 7. The average molecular weight is 488 g/mol. The van der Waals surface area contributed by atoms with Crippen LogP contribution >= 0.6 is 0 Å². The largest absolute Gasteiger partial charge is 0.457 e. The Morgan fingerprint density at radius 2 is 1.85 bits per heavy atom. The van der Waals surface area contributed by atoms with Gasteiger partial charge in [-0.1, -0.05) is 11.2 Å². The average Bonchev–Trinajstić information content (AvgIpc) is 3.12. The van der Waals surface area contributed by atoms with Crippen LogP contribution in [0.4, 0.5) is 11.4 Å². The minimum Gasteiger partial charge on any atom is -0.457 e. The van der Waals surface area contributed by atoms with Gasteiger partial charge in [0.1, 0.15) is 17.3 Å². The van der Waals surface area contributed by atoms with Crippen LogP contribution in [0.15, 0.2) is 40.9 Å². The van der Waals surface area contributed by atoms with Gasteiger partial charge >= 0.3 is 0 Å². The van der Waals surface area contributed by atoms with E-state index in [0.29, 0.717) is 46.5 Å². The van der Waals surface area contributed by atoms with E-state index in [1.165, 1.54) is 0 Å². The fraction of sp³-hybridized carbons (Fsp3) is 0.333. The number of methoxy groups -OCH3 is 1. The SMILES string of the molecule is CCS(=O)(=O)Nc1cc(Oc2ccc(C)c(NC(=O)CCOC)c2)cc(-c2c(C)noc2C)c1. The lowest BCUT2D eigenvalue weighted by molar-refractivity contribution is -0.117. The lowest BCUT2D eigenvalue weighted by Crippen LogP contribution is -2.14. The fourth-order valence-electron chi connectivity index (χ4n) is 3.35. The second kappa shape index (κ2) is 10.7. The van der Waals surface area contributed by atoms with E-state index in [2.05, 4.69) is 15.2 Å². The highest BCUT2D eigenvalue weighted by molar-refractivity contribution is 7.92. The first-order valence-electron chi connectivity index (χ1n) is 10.8. The van der Waals surface area contributed by atoms with Crippen LogP contribution in [0.2, 0.25) is 0 Å². The second-order valence-corrected chi connectivity index (χ2v) is 9.83. The summed E-state index contributed by atoms with van der Waals surface area (Å²) in [5.41, 5.74) is 3.98. The van der Waals surface area contributed by atoms with Crippen molar-refractivity contribution < 1.29 is 27.2 Å². The number of benzene rings is 2. The maximum atomic E-state index is 12.2. The molecule has 0 fully saturated rings. The van der Waals surface area contributed by atoms with Gasteiger partial charge in [-0.15, -0.1) is 0 Å². The molecule has 182 valence electrons. The molecule has 1 amide bonds. The Kier molecular flexibility index (Phi) is 7.95. The number of anilines is 2. The number of aryl methyl sites for hydroxylation is 3. The molecule has 0 spiro atoms. The fourth-order valence-corrected chi connectivity index (χ4v) is 3.97. The van der Waals surface area contributed by atoms with Crippen LogP contribution in [-0.2, 0) is 19.6 Å². The Bertz CT molecular complexity index is 1260. The summed E-state index contributed by atoms with van der Waals surface area (Å²) in [5.74, 6) is 1.26. The van der Waals surface area contributed by atoms with Crippen molar-refractivity contribution >= 4 is 27.3 Å². The number of carbonyl (C=O) groups is 1. The molecule has 2 N–H and O–H groups in total. The van der Waals surface area contributed by atoms with E-state index in [1.54, 1.807) is 51.3 Å². The molecule has 0 aliphatic heterocycles. The molecule has 0 saturated carbocycles. The van der Waals surface area contributed by atoms with Gasteiger partial charge in [0.25, 0.3) is 0 Å². The number of rotatable bonds is 10. The van der Waals surface area contributed by atoms with Crippen LogP contribution in [-0.4, -0.2) is 39.0 Å². The molecule has 0 aliphatic rings. The van der Waals surface area contributed by atoms with Crippen LogP contribution in [0.5, 0.6) is 11.5 Å². The van der Waals surface area contributed by atoms with Gasteiger partial charge in [0, 0.05) is 30.5 Å². The summed E-state index contributed by atoms with van der Waals surface area (Å²) < 4.78 is 43.3. The summed E-state index contributed by atoms with van der Waals surface area (Å²) in [4.78, 5) is 12.1. The lowest BCUT2D eigenvalue weighted by atomic mass is 10.0. The van der Waals surface area contributed by atoms with Crippen molar-refractivity contribution in [2.45, 2.75) is 34.1 Å². The van der Waals surface area contributed by atoms with E-state index in [0.717, 1.165) is 11.1 Å². The first kappa shape index (κ1) is 25.3. The van der Waals surface area contributed by atoms with E-state index >= 15 is 0 Å². The van der Waals surface area contributed by atoms with E-state index in [4.69, 9.17) is 14.0 Å². The summed E-state index contributed by atoms with van der Waals surface area (Å²) in [6, 6.07) is 10.4. The molecule has 9 nitrogen and oxygen atoms in total. The van der Waals surface area contributed by atoms with Gasteiger partial charge in [0.15, 0.2) is 0 Å². The van der Waals surface area contributed by atoms with Crippen molar-refractivity contribution in [3.8, 4) is 22.6 Å². The molecule has 0 atom stereocenters. The first-order valence-corrected chi connectivity index (χ1v) is 12.4. The zero-order valence-corrected chi connectivity index (χ0v) is 20.7. The topological polar surface area (TPSA) is 120 Å². The highest BCUT2D eigenvalue weighted by Gasteiger charge is 2.16. The zero-order chi connectivity index (χ0) is 24.9. The summed E-state index contributed by atoms with van der Waals surface area (Å²) in [7, 11) is -1.96. The number of aromatic nitrogens is 1. The number of hydrogen-bond donors (Lipinski definition) is 2. The molecular weight excluding hydrogens is 458 g/mol. The van der Waals surface area contributed by atoms with Gasteiger partial charge in [-0.25, -0.2) is 8.42 Å². The van der Waals surface area contributed by atoms with Crippen LogP contribution in [0.3, 0.4) is 0 Å². The van der Waals surface area contributed by atoms with Crippen molar-refractivity contribution in [3.63, 3.8) is 0 Å². The highest BCUT2D eigenvalue weighted by atomic mass is 32.2. The third kappa shape index (κ3) is 6.36. The second-order valence-electron chi connectivity index (χ2n) is 7.82. The predicted octanol–water partition coefficient (Wildman–Crippen LogP) is 4.80. The molecule has 0 radical (unpaired) electrons. The number of nitrogens with one attached hydrogen (secondary N) is 2. The number of nitrogens with zero attached hydrogens (tertiary/aromatic N) is 1. The van der Waals surface area contributed by atoms with E-state index < -0.39 is 10.0 Å². The maximum Gasteiger partial charge on any atom is 0.232 e. The van der Waals surface area contributed by atoms with E-state index in [9.17, 15) is 13.2 Å². The van der Waals surface area contributed by atoms with Gasteiger partial charge < -0.3 is 19.3 Å². The van der Waals surface area contributed by atoms with Crippen LogP contribution in [0, 0.1) is 20.8 Å². The van der Waals surface area contributed by atoms with E-state index in [1.807, 2.05) is 19.9 Å². The molecular formula is C24H29N3O6S. The molecule has 1 aromatic heterocycles. The van der Waals surface area contributed by atoms with Gasteiger partial charge in [0.05, 0.1) is 30.2 Å². The normalized spacial score (nSPS) is 11.3. The Hall–Kier alpha value is -3.37. The third-order valence-electron chi connectivity index (χ3n) is 5.13. The molecule has 0 bridgehead atoms. The molecule has 0 aliphatic carbocycles. The highest BCUT2D eigenvalue weighted by Crippen LogP contribution is 2.35. The lowest BCUT2D eigenvalue weighted by Gasteiger charge is -2.14. The minimum atomic E-state index is -3.50. The molecule has 0 saturated heterocycles. The van der Waals surface area contributed by atoms with Gasteiger partial charge in [-0.2, -0.15) is 0 Å². The Morgan fingerprint density at radius 3 is 2.50 bits per heavy atom. The molecule has 3 rings (SSSR count). The third-order valence-corrected chi connectivity index (χ3v) is 6.44. The number of carbonyl (C=O) groups excluding carboxylic acids is 1. The van der Waals surface area contributed by atoms with Crippen LogP contribution in [0.1, 0.15) is 30.4 Å². The van der Waals surface area contributed by atoms with E-state index in [-0.39, 0.29) is 18.1 Å². The first-order chi connectivity index (χ1) is 16.1. The van der Waals surface area contributed by atoms with Crippen molar-refractivity contribution in [1.29, 1.82) is 0 Å². The molecule has 2 aromatic carbocycles. The van der Waals surface area contributed by atoms with Crippen molar-refractivity contribution in [2.75, 3.05) is 29.5 Å². The van der Waals surface area contributed by atoms with Gasteiger partial charge in [0.2, 0.25) is 15.9 Å². The summed E-state index contributed by atoms with van der Waals surface area (Å²) >= 11 is 0. The molecule has 10 heteroatoms. The zero-order valence-electron chi connectivity index (χ0n) is 19.9. The monoisotopic (exact) mass is 487 g/mol. The Labute approximate surface area is 199 Å². The Morgan fingerprint density at radius 1 is 1.09 bits per heavy atom. The maximum absolute atomic E-state index is 12.2. The van der Waals surface area contributed by atoms with Crippen LogP contribution in [0.25, 0.3) is 11.1 Å². The molecule has 3 aromatic rings. The van der Waals surface area contributed by atoms with Crippen LogP contribution < -0.4 is 14.8 Å². The number of sulfonamides is 1. The standard InChI is InChI=1S/C24H29N3O6S/c1-6-34(29,30)27-19-11-18(24-16(3)26-33-17(24)4)12-21(13-19)32-20-8-7-15(2)22(14-20)25-23(28)9-10-31-5/h7-8,11-14,27H,6,9-10H2,1-5H3,(H,25,28). The predicted molar refractivity (Wildman–Crippen MR) is 131 cm³/mol. The molecule has 1 heterocycles. The smallest absolute Gasteiger partial charge is 0.232 e. The van der Waals surface area contributed by atoms with Crippen molar-refractivity contribution in [2.24, 2.45) is 0 Å². The number of amides is 1. The summed E-state index contributed by atoms with van der Waals surface area (Å²) in [6.07, 6.45) is 0.238. The Balaban J connectivity index is 1.97. The molecule has 34 heavy (non-hydrogen) atoms. The van der Waals surface area contributed by atoms with Crippen molar-refractivity contribution in [3.05, 3.63) is 53.4 Å².